The highest BCUT2D eigenvalue weighted by molar-refractivity contribution is 7.15. The number of amides is 1. The maximum Gasteiger partial charge on any atom is 0.269 e. The van der Waals surface area contributed by atoms with Crippen LogP contribution in [-0.4, -0.2) is 21.1 Å². The quantitative estimate of drug-likeness (QED) is 0.500. The summed E-state index contributed by atoms with van der Waals surface area (Å²) < 4.78 is 27.0. The minimum Gasteiger partial charge on any atom is -0.346 e. The van der Waals surface area contributed by atoms with Gasteiger partial charge in [0.1, 0.15) is 22.3 Å². The molecule has 0 aliphatic carbocycles. The SMILES string of the molecule is Cc1nc(-c2ccccc2)sc1CNC(=O)c1cc(-c2ccc(F)cc2F)n[nH]1. The molecule has 2 aromatic heterocycles. The van der Waals surface area contributed by atoms with Crippen LogP contribution >= 0.6 is 11.3 Å². The molecule has 0 spiro atoms. The Kier molecular flexibility index (Phi) is 5.18. The second kappa shape index (κ2) is 7.92. The van der Waals surface area contributed by atoms with Crippen LogP contribution in [0.5, 0.6) is 0 Å². The van der Waals surface area contributed by atoms with Gasteiger partial charge in [-0.3, -0.25) is 9.89 Å². The van der Waals surface area contributed by atoms with Crippen LogP contribution in [0.3, 0.4) is 0 Å². The summed E-state index contributed by atoms with van der Waals surface area (Å²) in [5, 5.41) is 10.3. The van der Waals surface area contributed by atoms with Crippen molar-refractivity contribution >= 4 is 17.2 Å². The third-order valence-corrected chi connectivity index (χ3v) is 5.56. The first kappa shape index (κ1) is 18.9. The van der Waals surface area contributed by atoms with Gasteiger partial charge in [0, 0.05) is 22.1 Å². The van der Waals surface area contributed by atoms with Gasteiger partial charge in [0.2, 0.25) is 0 Å². The van der Waals surface area contributed by atoms with Gasteiger partial charge in [0.25, 0.3) is 5.91 Å². The van der Waals surface area contributed by atoms with Crippen LogP contribution in [0.2, 0.25) is 0 Å². The highest BCUT2D eigenvalue weighted by Gasteiger charge is 2.15. The fraction of sp³-hybridized carbons (Fsp3) is 0.0952. The lowest BCUT2D eigenvalue weighted by molar-refractivity contribution is 0.0946. The lowest BCUT2D eigenvalue weighted by atomic mass is 10.1. The molecule has 0 saturated heterocycles. The summed E-state index contributed by atoms with van der Waals surface area (Å²) in [6.07, 6.45) is 0. The standard InChI is InChI=1S/C21H16F2N4OS/c1-12-19(29-21(25-12)13-5-3-2-4-6-13)11-24-20(28)18-10-17(26-27-18)15-8-7-14(22)9-16(15)23/h2-10H,11H2,1H3,(H,24,28)(H,26,27). The molecule has 0 unspecified atom stereocenters. The van der Waals surface area contributed by atoms with E-state index in [4.69, 9.17) is 0 Å². The summed E-state index contributed by atoms with van der Waals surface area (Å²) in [6.45, 7) is 2.21. The summed E-state index contributed by atoms with van der Waals surface area (Å²) in [4.78, 5) is 18.0. The molecular weight excluding hydrogens is 394 g/mol. The van der Waals surface area contributed by atoms with Crippen molar-refractivity contribution in [3.8, 4) is 21.8 Å². The van der Waals surface area contributed by atoms with Crippen LogP contribution in [0.4, 0.5) is 8.78 Å². The number of carbonyl (C=O) groups is 1. The van der Waals surface area contributed by atoms with Crippen molar-refractivity contribution in [2.45, 2.75) is 13.5 Å². The molecule has 4 rings (SSSR count). The Hall–Kier alpha value is -3.39. The van der Waals surface area contributed by atoms with Gasteiger partial charge < -0.3 is 5.32 Å². The summed E-state index contributed by atoms with van der Waals surface area (Å²) >= 11 is 1.52. The van der Waals surface area contributed by atoms with E-state index in [9.17, 15) is 13.6 Å². The second-order valence-corrected chi connectivity index (χ2v) is 7.45. The number of halogens is 2. The summed E-state index contributed by atoms with van der Waals surface area (Å²) in [5.41, 5.74) is 2.42. The Morgan fingerprint density at radius 1 is 1.14 bits per heavy atom. The van der Waals surface area contributed by atoms with Crippen LogP contribution in [0.1, 0.15) is 21.1 Å². The normalized spacial score (nSPS) is 10.9. The maximum absolute atomic E-state index is 13.9. The number of benzene rings is 2. The molecule has 8 heteroatoms. The van der Waals surface area contributed by atoms with Crippen molar-refractivity contribution in [1.29, 1.82) is 0 Å². The van der Waals surface area contributed by atoms with E-state index in [2.05, 4.69) is 20.5 Å². The predicted octanol–water partition coefficient (Wildman–Crippen LogP) is 4.72. The van der Waals surface area contributed by atoms with E-state index < -0.39 is 11.6 Å². The Bertz CT molecular complexity index is 1170. The average Bonchev–Trinajstić information content (AvgIpc) is 3.34. The molecule has 0 fully saturated rings. The Labute approximate surface area is 169 Å². The van der Waals surface area contributed by atoms with Crippen molar-refractivity contribution in [3.05, 3.63) is 82.5 Å². The first-order valence-electron chi connectivity index (χ1n) is 8.82. The lowest BCUT2D eigenvalue weighted by Gasteiger charge is -2.01. The molecular formula is C21H16F2N4OS. The van der Waals surface area contributed by atoms with Gasteiger partial charge in [-0.1, -0.05) is 30.3 Å². The first-order valence-corrected chi connectivity index (χ1v) is 9.63. The molecule has 0 atom stereocenters. The molecule has 2 aromatic carbocycles. The van der Waals surface area contributed by atoms with Crippen molar-refractivity contribution < 1.29 is 13.6 Å². The third-order valence-electron chi connectivity index (χ3n) is 4.35. The van der Waals surface area contributed by atoms with Crippen LogP contribution in [-0.2, 0) is 6.54 Å². The van der Waals surface area contributed by atoms with Crippen molar-refractivity contribution in [2.24, 2.45) is 0 Å². The van der Waals surface area contributed by atoms with Crippen LogP contribution in [0.15, 0.2) is 54.6 Å². The molecule has 29 heavy (non-hydrogen) atoms. The number of carbonyl (C=O) groups excluding carboxylic acids is 1. The average molecular weight is 410 g/mol. The summed E-state index contributed by atoms with van der Waals surface area (Å²) in [5.74, 6) is -1.79. The largest absolute Gasteiger partial charge is 0.346 e. The zero-order valence-corrected chi connectivity index (χ0v) is 16.2. The van der Waals surface area contributed by atoms with E-state index in [1.54, 1.807) is 0 Å². The fourth-order valence-electron chi connectivity index (χ4n) is 2.83. The maximum atomic E-state index is 13.9. The van der Waals surface area contributed by atoms with E-state index in [-0.39, 0.29) is 22.9 Å². The highest BCUT2D eigenvalue weighted by atomic mass is 32.1. The number of thiazole rings is 1. The van der Waals surface area contributed by atoms with Crippen LogP contribution in [0.25, 0.3) is 21.8 Å². The van der Waals surface area contributed by atoms with Crippen molar-refractivity contribution in [2.75, 3.05) is 0 Å². The lowest BCUT2D eigenvalue weighted by Crippen LogP contribution is -2.23. The first-order chi connectivity index (χ1) is 14.0. The van der Waals surface area contributed by atoms with Crippen molar-refractivity contribution in [3.63, 3.8) is 0 Å². The molecule has 4 aromatic rings. The number of hydrogen-bond acceptors (Lipinski definition) is 4. The van der Waals surface area contributed by atoms with Crippen LogP contribution in [0, 0.1) is 18.6 Å². The number of aromatic amines is 1. The van der Waals surface area contributed by atoms with Gasteiger partial charge in [0.15, 0.2) is 0 Å². The number of nitrogens with one attached hydrogen (secondary N) is 2. The van der Waals surface area contributed by atoms with Gasteiger partial charge >= 0.3 is 0 Å². The summed E-state index contributed by atoms with van der Waals surface area (Å²) in [7, 11) is 0. The van der Waals surface area contributed by atoms with E-state index >= 15 is 0 Å². The van der Waals surface area contributed by atoms with Crippen LogP contribution < -0.4 is 5.32 Å². The third kappa shape index (κ3) is 4.07. The molecule has 0 aliphatic rings. The number of nitrogens with zero attached hydrogens (tertiary/aromatic N) is 2. The minimum absolute atomic E-state index is 0.118. The smallest absolute Gasteiger partial charge is 0.269 e. The molecule has 0 saturated carbocycles. The van der Waals surface area contributed by atoms with E-state index in [1.165, 1.54) is 23.5 Å². The monoisotopic (exact) mass is 410 g/mol. The zero-order valence-electron chi connectivity index (χ0n) is 15.4. The Morgan fingerprint density at radius 2 is 1.93 bits per heavy atom. The Morgan fingerprint density at radius 3 is 2.69 bits per heavy atom. The predicted molar refractivity (Wildman–Crippen MR) is 107 cm³/mol. The molecule has 0 aliphatic heterocycles. The highest BCUT2D eigenvalue weighted by Crippen LogP contribution is 2.27. The van der Waals surface area contributed by atoms with Crippen molar-refractivity contribution in [1.82, 2.24) is 20.5 Å². The van der Waals surface area contributed by atoms with Gasteiger partial charge in [-0.15, -0.1) is 11.3 Å². The van der Waals surface area contributed by atoms with Gasteiger partial charge in [-0.05, 0) is 25.1 Å². The molecule has 1 amide bonds. The molecule has 146 valence electrons. The van der Waals surface area contributed by atoms with Gasteiger partial charge in [0.05, 0.1) is 17.9 Å². The number of rotatable bonds is 5. The fourth-order valence-corrected chi connectivity index (χ4v) is 3.83. The number of H-pyrrole nitrogens is 1. The molecule has 2 heterocycles. The van der Waals surface area contributed by atoms with E-state index in [0.29, 0.717) is 6.54 Å². The Balaban J connectivity index is 1.46. The molecule has 0 radical (unpaired) electrons. The molecule has 5 nitrogen and oxygen atoms in total. The number of hydrogen-bond donors (Lipinski definition) is 2. The number of aryl methyl sites for hydroxylation is 1. The second-order valence-electron chi connectivity index (χ2n) is 6.37. The summed E-state index contributed by atoms with van der Waals surface area (Å²) in [6, 6.07) is 14.5. The van der Waals surface area contributed by atoms with Gasteiger partial charge in [-0.25, -0.2) is 13.8 Å². The number of aromatic nitrogens is 3. The topological polar surface area (TPSA) is 70.7 Å². The molecule has 0 bridgehead atoms. The minimum atomic E-state index is -0.739. The molecule has 2 N–H and O–H groups in total. The van der Waals surface area contributed by atoms with E-state index in [1.807, 2.05) is 37.3 Å². The van der Waals surface area contributed by atoms with E-state index in [0.717, 1.165) is 33.3 Å². The zero-order chi connectivity index (χ0) is 20.4. The van der Waals surface area contributed by atoms with Gasteiger partial charge in [-0.2, -0.15) is 5.10 Å².